The smallest absolute Gasteiger partial charge is 0.229 e. The monoisotopic (exact) mass is 359 g/mol. The number of piperidine rings is 1. The highest BCUT2D eigenvalue weighted by atomic mass is 35.5. The highest BCUT2D eigenvalue weighted by molar-refractivity contribution is 5.85. The van der Waals surface area contributed by atoms with E-state index in [0.717, 1.165) is 18.5 Å². The quantitative estimate of drug-likeness (QED) is 0.866. The van der Waals surface area contributed by atoms with Crippen molar-refractivity contribution in [2.45, 2.75) is 43.7 Å². The number of carbonyl (C=O) groups excluding carboxylic acids is 1. The van der Waals surface area contributed by atoms with E-state index < -0.39 is 0 Å². The number of fused-ring (bicyclic) bond motifs is 1. The van der Waals surface area contributed by atoms with Gasteiger partial charge in [-0.2, -0.15) is 0 Å². The Hall–Kier alpha value is -0.810. The maximum absolute atomic E-state index is 12.6. The zero-order valence-corrected chi connectivity index (χ0v) is 15.0. The Labute approximate surface area is 151 Å². The molecule has 3 unspecified atom stereocenters. The van der Waals surface area contributed by atoms with Gasteiger partial charge >= 0.3 is 0 Å². The average molecular weight is 360 g/mol. The highest BCUT2D eigenvalue weighted by Gasteiger charge is 2.37. The lowest BCUT2D eigenvalue weighted by Crippen LogP contribution is -2.48. The van der Waals surface area contributed by atoms with Crippen LogP contribution in [0, 0.1) is 0 Å². The number of nitrogens with one attached hydrogen (secondary N) is 1. The van der Waals surface area contributed by atoms with Crippen LogP contribution in [0.15, 0.2) is 30.3 Å². The molecule has 4 nitrogen and oxygen atoms in total. The van der Waals surface area contributed by atoms with Crippen LogP contribution >= 0.6 is 24.8 Å². The van der Waals surface area contributed by atoms with Gasteiger partial charge in [0.1, 0.15) is 0 Å². The highest BCUT2D eigenvalue weighted by Crippen LogP contribution is 2.27. The first-order valence-corrected chi connectivity index (χ1v) is 8.09. The number of benzene rings is 1. The fourth-order valence-electron chi connectivity index (χ4n) is 3.78. The van der Waals surface area contributed by atoms with Crippen molar-refractivity contribution in [1.29, 1.82) is 0 Å². The largest absolute Gasteiger partial charge is 0.351 e. The van der Waals surface area contributed by atoms with Crippen molar-refractivity contribution in [3.8, 4) is 0 Å². The molecule has 2 fully saturated rings. The topological polar surface area (TPSA) is 58.4 Å². The summed E-state index contributed by atoms with van der Waals surface area (Å²) < 4.78 is 0. The standard InChI is InChI=1S/C17H25N3O.2ClH/c18-12-14(13-6-2-1-3-7-13)17(21)19-15-9-11-20-10-5-4-8-16(15)20;;/h1-3,6-7,14-16H,4-5,8-12,18H2,(H,19,21);2*1H. The maximum atomic E-state index is 12.6. The summed E-state index contributed by atoms with van der Waals surface area (Å²) in [5, 5.41) is 3.27. The molecule has 0 bridgehead atoms. The number of amides is 1. The Morgan fingerprint density at radius 2 is 1.91 bits per heavy atom. The third-order valence-corrected chi connectivity index (χ3v) is 4.94. The second-order valence-electron chi connectivity index (χ2n) is 6.20. The van der Waals surface area contributed by atoms with Crippen molar-refractivity contribution in [3.63, 3.8) is 0 Å². The lowest BCUT2D eigenvalue weighted by Gasteiger charge is -2.33. The van der Waals surface area contributed by atoms with E-state index in [4.69, 9.17) is 5.73 Å². The number of halogens is 2. The zero-order valence-electron chi connectivity index (χ0n) is 13.3. The Balaban J connectivity index is 0.00000132. The number of hydrogen-bond donors (Lipinski definition) is 2. The third kappa shape index (κ3) is 4.60. The van der Waals surface area contributed by atoms with Gasteiger partial charge in [-0.05, 0) is 31.4 Å². The molecule has 0 spiro atoms. The molecular formula is C17H27Cl2N3O. The first-order chi connectivity index (χ1) is 10.3. The van der Waals surface area contributed by atoms with E-state index in [2.05, 4.69) is 10.2 Å². The van der Waals surface area contributed by atoms with Gasteiger partial charge in [-0.15, -0.1) is 24.8 Å². The summed E-state index contributed by atoms with van der Waals surface area (Å²) in [7, 11) is 0. The molecule has 130 valence electrons. The second-order valence-corrected chi connectivity index (χ2v) is 6.20. The van der Waals surface area contributed by atoms with Gasteiger partial charge in [-0.25, -0.2) is 0 Å². The molecule has 3 rings (SSSR count). The molecule has 2 saturated heterocycles. The van der Waals surface area contributed by atoms with Crippen LogP contribution in [0.5, 0.6) is 0 Å². The second kappa shape index (κ2) is 9.48. The number of carbonyl (C=O) groups is 1. The molecule has 3 atom stereocenters. The molecule has 6 heteroatoms. The molecule has 0 radical (unpaired) electrons. The van der Waals surface area contributed by atoms with Crippen LogP contribution in [0.25, 0.3) is 0 Å². The molecule has 0 saturated carbocycles. The van der Waals surface area contributed by atoms with E-state index in [1.807, 2.05) is 30.3 Å². The van der Waals surface area contributed by atoms with Gasteiger partial charge in [-0.3, -0.25) is 9.69 Å². The molecule has 0 aromatic heterocycles. The van der Waals surface area contributed by atoms with Gasteiger partial charge in [0.2, 0.25) is 5.91 Å². The molecule has 2 aliphatic heterocycles. The molecule has 1 aromatic carbocycles. The van der Waals surface area contributed by atoms with Gasteiger partial charge in [-0.1, -0.05) is 36.8 Å². The van der Waals surface area contributed by atoms with E-state index in [0.29, 0.717) is 18.6 Å². The van der Waals surface area contributed by atoms with Crippen LogP contribution < -0.4 is 11.1 Å². The van der Waals surface area contributed by atoms with Crippen molar-refractivity contribution in [2.24, 2.45) is 5.73 Å². The molecular weight excluding hydrogens is 333 g/mol. The number of hydrogen-bond acceptors (Lipinski definition) is 3. The normalized spacial score (nSPS) is 24.7. The minimum absolute atomic E-state index is 0. The summed E-state index contributed by atoms with van der Waals surface area (Å²) >= 11 is 0. The minimum Gasteiger partial charge on any atom is -0.351 e. The SMILES string of the molecule is Cl.Cl.NCC(C(=O)NC1CCN2CCCCC12)c1ccccc1. The average Bonchev–Trinajstić information content (AvgIpc) is 2.92. The van der Waals surface area contributed by atoms with Crippen LogP contribution in [0.1, 0.15) is 37.2 Å². The Bertz CT molecular complexity index is 486. The number of rotatable bonds is 4. The maximum Gasteiger partial charge on any atom is 0.229 e. The summed E-state index contributed by atoms with van der Waals surface area (Å²) in [5.41, 5.74) is 6.85. The summed E-state index contributed by atoms with van der Waals surface area (Å²) in [4.78, 5) is 15.1. The molecule has 23 heavy (non-hydrogen) atoms. The fraction of sp³-hybridized carbons (Fsp3) is 0.588. The van der Waals surface area contributed by atoms with Gasteiger partial charge < -0.3 is 11.1 Å². The summed E-state index contributed by atoms with van der Waals surface area (Å²) in [6.07, 6.45) is 4.87. The van der Waals surface area contributed by atoms with Crippen molar-refractivity contribution >= 4 is 30.7 Å². The Kier molecular flexibility index (Phi) is 8.34. The predicted octanol–water partition coefficient (Wildman–Crippen LogP) is 2.32. The van der Waals surface area contributed by atoms with E-state index in [1.165, 1.54) is 25.8 Å². The number of nitrogens with two attached hydrogens (primary N) is 1. The third-order valence-electron chi connectivity index (χ3n) is 4.94. The zero-order chi connectivity index (χ0) is 14.7. The molecule has 1 amide bonds. The molecule has 2 heterocycles. The van der Waals surface area contributed by atoms with Crippen molar-refractivity contribution in [3.05, 3.63) is 35.9 Å². The van der Waals surface area contributed by atoms with Crippen LogP contribution in [-0.2, 0) is 4.79 Å². The van der Waals surface area contributed by atoms with E-state index in [1.54, 1.807) is 0 Å². The molecule has 3 N–H and O–H groups in total. The molecule has 2 aliphatic rings. The number of nitrogens with zero attached hydrogens (tertiary/aromatic N) is 1. The Morgan fingerprint density at radius 1 is 1.17 bits per heavy atom. The van der Waals surface area contributed by atoms with Gasteiger partial charge in [0.15, 0.2) is 0 Å². The summed E-state index contributed by atoms with van der Waals surface area (Å²) in [5.74, 6) is -0.148. The van der Waals surface area contributed by atoms with Crippen LogP contribution in [0.3, 0.4) is 0 Å². The van der Waals surface area contributed by atoms with Crippen molar-refractivity contribution < 1.29 is 4.79 Å². The van der Waals surface area contributed by atoms with Gasteiger partial charge in [0.05, 0.1) is 5.92 Å². The van der Waals surface area contributed by atoms with E-state index in [-0.39, 0.29) is 36.6 Å². The fourth-order valence-corrected chi connectivity index (χ4v) is 3.78. The molecule has 0 aliphatic carbocycles. The predicted molar refractivity (Wildman–Crippen MR) is 98.5 cm³/mol. The summed E-state index contributed by atoms with van der Waals surface area (Å²) in [6, 6.07) is 10.7. The van der Waals surface area contributed by atoms with Crippen LogP contribution in [0.2, 0.25) is 0 Å². The van der Waals surface area contributed by atoms with Crippen LogP contribution in [0.4, 0.5) is 0 Å². The lowest BCUT2D eigenvalue weighted by molar-refractivity contribution is -0.123. The van der Waals surface area contributed by atoms with Crippen LogP contribution in [-0.4, -0.2) is 42.5 Å². The molecule has 1 aromatic rings. The first-order valence-electron chi connectivity index (χ1n) is 8.09. The van der Waals surface area contributed by atoms with Gasteiger partial charge in [0.25, 0.3) is 0 Å². The minimum atomic E-state index is -0.233. The van der Waals surface area contributed by atoms with Crippen molar-refractivity contribution in [2.75, 3.05) is 19.6 Å². The van der Waals surface area contributed by atoms with E-state index >= 15 is 0 Å². The van der Waals surface area contributed by atoms with E-state index in [9.17, 15) is 4.79 Å². The first kappa shape index (κ1) is 20.2. The summed E-state index contributed by atoms with van der Waals surface area (Å²) in [6.45, 7) is 2.67. The van der Waals surface area contributed by atoms with Crippen molar-refractivity contribution in [1.82, 2.24) is 10.2 Å². The Morgan fingerprint density at radius 3 is 2.61 bits per heavy atom. The lowest BCUT2D eigenvalue weighted by atomic mass is 9.95. The van der Waals surface area contributed by atoms with Gasteiger partial charge in [0, 0.05) is 25.2 Å².